The highest BCUT2D eigenvalue weighted by Gasteiger charge is 1.98. The molecule has 0 unspecified atom stereocenters. The normalized spacial score (nSPS) is 9.19. The molecule has 84 valence electrons. The van der Waals surface area contributed by atoms with E-state index in [1.807, 2.05) is 0 Å². The standard InChI is InChI=1S/C11H10F2N2O/c1-8(16)14-5-3-2-4-9-6-10(12)15-11(13)7-9/h6-7H,3,5H2,1H3,(H,14,16). The van der Waals surface area contributed by atoms with E-state index in [1.165, 1.54) is 6.92 Å². The molecule has 0 aromatic carbocycles. The number of rotatable bonds is 2. The molecule has 0 saturated heterocycles. The third-order valence-electron chi connectivity index (χ3n) is 1.62. The number of pyridine rings is 1. The van der Waals surface area contributed by atoms with Crippen LogP contribution in [0.25, 0.3) is 0 Å². The summed E-state index contributed by atoms with van der Waals surface area (Å²) in [6, 6.07) is 2.10. The van der Waals surface area contributed by atoms with Crippen molar-refractivity contribution in [3.05, 3.63) is 29.6 Å². The summed E-state index contributed by atoms with van der Waals surface area (Å²) < 4.78 is 25.3. The van der Waals surface area contributed by atoms with Crippen LogP contribution in [-0.2, 0) is 4.79 Å². The molecule has 1 N–H and O–H groups in total. The minimum Gasteiger partial charge on any atom is -0.355 e. The van der Waals surface area contributed by atoms with E-state index in [2.05, 4.69) is 22.1 Å². The Balaban J connectivity index is 2.53. The molecule has 0 aliphatic carbocycles. The first-order valence-corrected chi connectivity index (χ1v) is 4.64. The van der Waals surface area contributed by atoms with Crippen LogP contribution in [0.3, 0.4) is 0 Å². The number of nitrogens with one attached hydrogen (secondary N) is 1. The van der Waals surface area contributed by atoms with Crippen molar-refractivity contribution in [2.75, 3.05) is 6.54 Å². The molecule has 0 spiro atoms. The lowest BCUT2D eigenvalue weighted by Crippen LogP contribution is -2.20. The molecule has 1 amide bonds. The summed E-state index contributed by atoms with van der Waals surface area (Å²) in [5.41, 5.74) is 0.229. The average Bonchev–Trinajstić information content (AvgIpc) is 2.15. The topological polar surface area (TPSA) is 42.0 Å². The predicted octanol–water partition coefficient (Wildman–Crippen LogP) is 1.24. The zero-order valence-electron chi connectivity index (χ0n) is 8.68. The van der Waals surface area contributed by atoms with Gasteiger partial charge >= 0.3 is 0 Å². The molecular formula is C11H10F2N2O. The van der Waals surface area contributed by atoms with E-state index in [1.54, 1.807) is 0 Å². The number of nitrogens with zero attached hydrogens (tertiary/aromatic N) is 1. The van der Waals surface area contributed by atoms with Gasteiger partial charge in [-0.3, -0.25) is 4.79 Å². The van der Waals surface area contributed by atoms with Gasteiger partial charge in [0.05, 0.1) is 0 Å². The highest BCUT2D eigenvalue weighted by Crippen LogP contribution is 2.02. The molecule has 0 fully saturated rings. The van der Waals surface area contributed by atoms with Crippen LogP contribution in [0.15, 0.2) is 12.1 Å². The molecule has 1 aromatic heterocycles. The van der Waals surface area contributed by atoms with Crippen LogP contribution in [0.1, 0.15) is 18.9 Å². The molecule has 16 heavy (non-hydrogen) atoms. The molecule has 0 atom stereocenters. The molecule has 0 saturated carbocycles. The van der Waals surface area contributed by atoms with Crippen LogP contribution in [0.4, 0.5) is 8.78 Å². The molecule has 0 bridgehead atoms. The maximum Gasteiger partial charge on any atom is 0.216 e. The van der Waals surface area contributed by atoms with Gasteiger partial charge in [0, 0.05) is 37.6 Å². The summed E-state index contributed by atoms with van der Waals surface area (Å²) in [4.78, 5) is 13.4. The van der Waals surface area contributed by atoms with Crippen molar-refractivity contribution in [2.45, 2.75) is 13.3 Å². The predicted molar refractivity (Wildman–Crippen MR) is 54.3 cm³/mol. The van der Waals surface area contributed by atoms with Crippen molar-refractivity contribution in [3.63, 3.8) is 0 Å². The van der Waals surface area contributed by atoms with Crippen LogP contribution >= 0.6 is 0 Å². The molecule has 1 heterocycles. The Labute approximate surface area is 91.9 Å². The van der Waals surface area contributed by atoms with Crippen molar-refractivity contribution in [1.29, 1.82) is 0 Å². The van der Waals surface area contributed by atoms with Crippen LogP contribution in [-0.4, -0.2) is 17.4 Å². The summed E-state index contributed by atoms with van der Waals surface area (Å²) in [5.74, 6) is 3.33. The summed E-state index contributed by atoms with van der Waals surface area (Å²) >= 11 is 0. The zero-order valence-corrected chi connectivity index (χ0v) is 8.68. The SMILES string of the molecule is CC(=O)NCCC#Cc1cc(F)nc(F)c1. The van der Waals surface area contributed by atoms with E-state index in [-0.39, 0.29) is 11.5 Å². The summed E-state index contributed by atoms with van der Waals surface area (Å²) in [6.45, 7) is 1.82. The fourth-order valence-electron chi connectivity index (χ4n) is 1.00. The number of amides is 1. The summed E-state index contributed by atoms with van der Waals surface area (Å²) in [6.07, 6.45) is 0.422. The maximum absolute atomic E-state index is 12.6. The monoisotopic (exact) mass is 224 g/mol. The van der Waals surface area contributed by atoms with Gasteiger partial charge < -0.3 is 5.32 Å². The Morgan fingerprint density at radius 1 is 1.44 bits per heavy atom. The van der Waals surface area contributed by atoms with Gasteiger partial charge in [0.1, 0.15) is 0 Å². The maximum atomic E-state index is 12.6. The molecule has 0 radical (unpaired) electrons. The van der Waals surface area contributed by atoms with E-state index in [9.17, 15) is 13.6 Å². The van der Waals surface area contributed by atoms with Gasteiger partial charge in [0.25, 0.3) is 0 Å². The van der Waals surface area contributed by atoms with Gasteiger partial charge in [0.15, 0.2) is 0 Å². The van der Waals surface area contributed by atoms with Crippen LogP contribution in [0.5, 0.6) is 0 Å². The molecule has 5 heteroatoms. The van der Waals surface area contributed by atoms with E-state index >= 15 is 0 Å². The van der Waals surface area contributed by atoms with E-state index < -0.39 is 11.9 Å². The minimum absolute atomic E-state index is 0.136. The number of aromatic nitrogens is 1. The van der Waals surface area contributed by atoms with Crippen LogP contribution < -0.4 is 5.32 Å². The van der Waals surface area contributed by atoms with Gasteiger partial charge in [-0.25, -0.2) is 0 Å². The Bertz CT molecular complexity index is 429. The zero-order chi connectivity index (χ0) is 12.0. The third kappa shape index (κ3) is 4.51. The number of halogens is 2. The second kappa shape index (κ2) is 5.81. The van der Waals surface area contributed by atoms with Crippen molar-refractivity contribution in [2.24, 2.45) is 0 Å². The molecule has 3 nitrogen and oxygen atoms in total. The molecular weight excluding hydrogens is 214 g/mol. The van der Waals surface area contributed by atoms with Gasteiger partial charge in [-0.2, -0.15) is 13.8 Å². The van der Waals surface area contributed by atoms with Crippen LogP contribution in [0, 0.1) is 23.7 Å². The lowest BCUT2D eigenvalue weighted by atomic mass is 10.2. The number of hydrogen-bond donors (Lipinski definition) is 1. The Hall–Kier alpha value is -1.96. The van der Waals surface area contributed by atoms with Crippen molar-refractivity contribution >= 4 is 5.91 Å². The number of carbonyl (C=O) groups is 1. The molecule has 0 aliphatic heterocycles. The average molecular weight is 224 g/mol. The first kappa shape index (κ1) is 12.1. The molecule has 1 aromatic rings. The summed E-state index contributed by atoms with van der Waals surface area (Å²) in [5, 5.41) is 2.55. The van der Waals surface area contributed by atoms with E-state index in [0.29, 0.717) is 13.0 Å². The van der Waals surface area contributed by atoms with Gasteiger partial charge in [0.2, 0.25) is 17.8 Å². The quantitative estimate of drug-likeness (QED) is 0.466. The second-order valence-corrected chi connectivity index (χ2v) is 3.04. The minimum atomic E-state index is -0.897. The Morgan fingerprint density at radius 3 is 2.62 bits per heavy atom. The lowest BCUT2D eigenvalue weighted by molar-refractivity contribution is -0.118. The second-order valence-electron chi connectivity index (χ2n) is 3.04. The molecule has 0 aliphatic rings. The first-order valence-electron chi connectivity index (χ1n) is 4.64. The number of carbonyl (C=O) groups excluding carboxylic acids is 1. The van der Waals surface area contributed by atoms with Gasteiger partial charge in [-0.15, -0.1) is 0 Å². The van der Waals surface area contributed by atoms with Crippen molar-refractivity contribution in [3.8, 4) is 11.8 Å². The fourth-order valence-corrected chi connectivity index (χ4v) is 1.00. The Kier molecular flexibility index (Phi) is 4.40. The highest BCUT2D eigenvalue weighted by atomic mass is 19.1. The first-order chi connectivity index (χ1) is 7.58. The van der Waals surface area contributed by atoms with Crippen molar-refractivity contribution < 1.29 is 13.6 Å². The summed E-state index contributed by atoms with van der Waals surface area (Å²) in [7, 11) is 0. The lowest BCUT2D eigenvalue weighted by Gasteiger charge is -1.95. The fraction of sp³-hybridized carbons (Fsp3) is 0.273. The third-order valence-corrected chi connectivity index (χ3v) is 1.62. The van der Waals surface area contributed by atoms with Gasteiger partial charge in [-0.05, 0) is 0 Å². The van der Waals surface area contributed by atoms with E-state index in [4.69, 9.17) is 0 Å². The number of hydrogen-bond acceptors (Lipinski definition) is 2. The smallest absolute Gasteiger partial charge is 0.216 e. The van der Waals surface area contributed by atoms with Crippen LogP contribution in [0.2, 0.25) is 0 Å². The largest absolute Gasteiger partial charge is 0.355 e. The highest BCUT2D eigenvalue weighted by molar-refractivity contribution is 5.72. The van der Waals surface area contributed by atoms with Crippen molar-refractivity contribution in [1.82, 2.24) is 10.3 Å². The van der Waals surface area contributed by atoms with E-state index in [0.717, 1.165) is 12.1 Å². The van der Waals surface area contributed by atoms with Gasteiger partial charge in [-0.1, -0.05) is 11.8 Å². The Morgan fingerprint density at radius 2 is 2.06 bits per heavy atom. The molecule has 1 rings (SSSR count).